The first kappa shape index (κ1) is 13.0. The summed E-state index contributed by atoms with van der Waals surface area (Å²) in [4.78, 5) is 0. The first-order chi connectivity index (χ1) is 7.27. The quantitative estimate of drug-likeness (QED) is 0.840. The zero-order valence-electron chi connectivity index (χ0n) is 9.10. The van der Waals surface area contributed by atoms with Crippen LogP contribution in [-0.2, 0) is 5.67 Å². The Hall–Kier alpha value is -1.07. The predicted octanol–water partition coefficient (Wildman–Crippen LogP) is 2.16. The van der Waals surface area contributed by atoms with Gasteiger partial charge in [0.15, 0.2) is 11.6 Å². The van der Waals surface area contributed by atoms with Crippen LogP contribution in [0.3, 0.4) is 0 Å². The minimum atomic E-state index is -1.79. The molecule has 1 rings (SSSR count). The minimum Gasteiger partial charge on any atom is -0.394 e. The number of nitrogens with two attached hydrogens (primary N) is 1. The monoisotopic (exact) mass is 233 g/mol. The maximum atomic E-state index is 13.6. The van der Waals surface area contributed by atoms with Gasteiger partial charge in [0, 0.05) is 5.56 Å². The average molecular weight is 233 g/mol. The summed E-state index contributed by atoms with van der Waals surface area (Å²) in [6.07, 6.45) is 0. The van der Waals surface area contributed by atoms with Gasteiger partial charge in [-0.2, -0.15) is 0 Å². The van der Waals surface area contributed by atoms with Crippen molar-refractivity contribution in [3.63, 3.8) is 0 Å². The van der Waals surface area contributed by atoms with Gasteiger partial charge >= 0.3 is 0 Å². The zero-order chi connectivity index (χ0) is 12.5. The second-order valence-corrected chi connectivity index (χ2v) is 4.12. The Labute approximate surface area is 91.9 Å². The maximum Gasteiger partial charge on any atom is 0.163 e. The van der Waals surface area contributed by atoms with Crippen LogP contribution in [0.25, 0.3) is 0 Å². The van der Waals surface area contributed by atoms with E-state index in [2.05, 4.69) is 0 Å². The molecule has 0 aliphatic rings. The van der Waals surface area contributed by atoms with E-state index in [1.54, 1.807) is 0 Å². The van der Waals surface area contributed by atoms with Crippen LogP contribution in [0.15, 0.2) is 12.1 Å². The van der Waals surface area contributed by atoms with E-state index < -0.39 is 30.0 Å². The van der Waals surface area contributed by atoms with Crippen molar-refractivity contribution in [3.05, 3.63) is 34.9 Å². The topological polar surface area (TPSA) is 46.2 Å². The summed E-state index contributed by atoms with van der Waals surface area (Å²) in [6, 6.07) is 0.874. The van der Waals surface area contributed by atoms with E-state index in [9.17, 15) is 13.2 Å². The molecule has 0 saturated carbocycles. The van der Waals surface area contributed by atoms with Crippen molar-refractivity contribution in [2.75, 3.05) is 6.61 Å². The molecular formula is C11H14F3NO. The van der Waals surface area contributed by atoms with Crippen LogP contribution in [0.5, 0.6) is 0 Å². The molecule has 2 nitrogen and oxygen atoms in total. The number of hydrogen-bond acceptors (Lipinski definition) is 2. The number of aliphatic hydroxyl groups excluding tert-OH is 1. The zero-order valence-corrected chi connectivity index (χ0v) is 9.10. The lowest BCUT2D eigenvalue weighted by Crippen LogP contribution is -2.19. The van der Waals surface area contributed by atoms with Crippen LogP contribution >= 0.6 is 0 Å². The molecule has 1 unspecified atom stereocenters. The van der Waals surface area contributed by atoms with Gasteiger partial charge in [0.1, 0.15) is 5.67 Å². The highest BCUT2D eigenvalue weighted by atomic mass is 19.2. The van der Waals surface area contributed by atoms with Gasteiger partial charge in [-0.25, -0.2) is 13.2 Å². The molecule has 0 radical (unpaired) electrons. The van der Waals surface area contributed by atoms with E-state index in [0.717, 1.165) is 12.1 Å². The van der Waals surface area contributed by atoms with Crippen LogP contribution in [0.4, 0.5) is 13.2 Å². The highest BCUT2D eigenvalue weighted by molar-refractivity contribution is 5.31. The fourth-order valence-corrected chi connectivity index (χ4v) is 1.32. The summed E-state index contributed by atoms with van der Waals surface area (Å²) in [7, 11) is 0. The predicted molar refractivity (Wildman–Crippen MR) is 54.5 cm³/mol. The summed E-state index contributed by atoms with van der Waals surface area (Å²) < 4.78 is 40.1. The van der Waals surface area contributed by atoms with Gasteiger partial charge in [0.25, 0.3) is 0 Å². The number of rotatable bonds is 3. The van der Waals surface area contributed by atoms with Crippen molar-refractivity contribution in [2.45, 2.75) is 25.6 Å². The molecule has 0 spiro atoms. The van der Waals surface area contributed by atoms with E-state index in [-0.39, 0.29) is 11.1 Å². The second-order valence-electron chi connectivity index (χ2n) is 4.12. The molecule has 0 amide bonds. The van der Waals surface area contributed by atoms with Crippen molar-refractivity contribution < 1.29 is 18.3 Å². The van der Waals surface area contributed by atoms with E-state index in [1.807, 2.05) is 0 Å². The molecule has 5 heteroatoms. The van der Waals surface area contributed by atoms with Crippen molar-refractivity contribution in [1.29, 1.82) is 0 Å². The van der Waals surface area contributed by atoms with Gasteiger partial charge in [-0.15, -0.1) is 0 Å². The van der Waals surface area contributed by atoms with Gasteiger partial charge in [0.05, 0.1) is 12.6 Å². The molecule has 0 fully saturated rings. The summed E-state index contributed by atoms with van der Waals surface area (Å²) in [5, 5.41) is 8.79. The standard InChI is InChI=1S/C11H14F3NO/c1-11(2,14)6-3-7(9(15)5-16)10(13)8(12)4-6/h3-4,9,16H,5,15H2,1-2H3. The number of halogens is 3. The van der Waals surface area contributed by atoms with Gasteiger partial charge in [-0.1, -0.05) is 0 Å². The molecule has 0 heterocycles. The lowest BCUT2D eigenvalue weighted by molar-refractivity contribution is 0.219. The van der Waals surface area contributed by atoms with E-state index in [1.165, 1.54) is 13.8 Å². The third-order valence-corrected chi connectivity index (χ3v) is 2.34. The molecule has 0 aliphatic heterocycles. The molecule has 16 heavy (non-hydrogen) atoms. The van der Waals surface area contributed by atoms with Crippen molar-refractivity contribution in [1.82, 2.24) is 0 Å². The Kier molecular flexibility index (Phi) is 3.60. The number of alkyl halides is 1. The average Bonchev–Trinajstić information content (AvgIpc) is 2.19. The molecule has 0 saturated heterocycles. The molecule has 1 aromatic carbocycles. The van der Waals surface area contributed by atoms with E-state index >= 15 is 0 Å². The van der Waals surface area contributed by atoms with Crippen LogP contribution in [0.2, 0.25) is 0 Å². The largest absolute Gasteiger partial charge is 0.394 e. The third kappa shape index (κ3) is 2.54. The van der Waals surface area contributed by atoms with Crippen LogP contribution in [0.1, 0.15) is 31.0 Å². The lowest BCUT2D eigenvalue weighted by Gasteiger charge is -2.18. The van der Waals surface area contributed by atoms with Crippen LogP contribution < -0.4 is 5.73 Å². The van der Waals surface area contributed by atoms with Crippen LogP contribution in [0, 0.1) is 11.6 Å². The maximum absolute atomic E-state index is 13.6. The number of hydrogen-bond donors (Lipinski definition) is 2. The molecule has 0 bridgehead atoms. The lowest BCUT2D eigenvalue weighted by atomic mass is 9.95. The Bertz CT molecular complexity index is 388. The van der Waals surface area contributed by atoms with Gasteiger partial charge in [-0.3, -0.25) is 0 Å². The van der Waals surface area contributed by atoms with Gasteiger partial charge < -0.3 is 10.8 Å². The summed E-state index contributed by atoms with van der Waals surface area (Å²) in [6.45, 7) is 1.92. The second kappa shape index (κ2) is 4.43. The molecule has 3 N–H and O–H groups in total. The van der Waals surface area contributed by atoms with Crippen molar-refractivity contribution in [2.24, 2.45) is 5.73 Å². The van der Waals surface area contributed by atoms with Gasteiger partial charge in [0.2, 0.25) is 0 Å². The van der Waals surface area contributed by atoms with E-state index in [0.29, 0.717) is 0 Å². The smallest absolute Gasteiger partial charge is 0.163 e. The van der Waals surface area contributed by atoms with Crippen LogP contribution in [-0.4, -0.2) is 11.7 Å². The summed E-state index contributed by atoms with van der Waals surface area (Å²) >= 11 is 0. The first-order valence-electron chi connectivity index (χ1n) is 4.82. The first-order valence-corrected chi connectivity index (χ1v) is 4.82. The summed E-state index contributed by atoms with van der Waals surface area (Å²) in [5.74, 6) is -2.31. The Balaban J connectivity index is 3.33. The fourth-order valence-electron chi connectivity index (χ4n) is 1.32. The normalized spacial score (nSPS) is 13.9. The Morgan fingerprint density at radius 1 is 1.38 bits per heavy atom. The van der Waals surface area contributed by atoms with Gasteiger partial charge in [-0.05, 0) is 31.5 Å². The molecule has 1 aromatic rings. The molecular weight excluding hydrogens is 219 g/mol. The summed E-state index contributed by atoms with van der Waals surface area (Å²) in [5.41, 5.74) is 3.38. The van der Waals surface area contributed by atoms with E-state index in [4.69, 9.17) is 10.8 Å². The number of aliphatic hydroxyl groups is 1. The highest BCUT2D eigenvalue weighted by Crippen LogP contribution is 2.29. The highest BCUT2D eigenvalue weighted by Gasteiger charge is 2.24. The minimum absolute atomic E-state index is 0.00898. The molecule has 90 valence electrons. The molecule has 0 aliphatic carbocycles. The number of benzene rings is 1. The third-order valence-electron chi connectivity index (χ3n) is 2.34. The molecule has 0 aromatic heterocycles. The SMILES string of the molecule is CC(C)(F)c1cc(F)c(F)c(C(N)CO)c1. The Morgan fingerprint density at radius 2 is 1.94 bits per heavy atom. The molecule has 1 atom stereocenters. The fraction of sp³-hybridized carbons (Fsp3) is 0.455. The van der Waals surface area contributed by atoms with Crippen molar-refractivity contribution >= 4 is 0 Å². The Morgan fingerprint density at radius 3 is 2.38 bits per heavy atom. The van der Waals surface area contributed by atoms with Crippen molar-refractivity contribution in [3.8, 4) is 0 Å².